The Labute approximate surface area is 112 Å². The number of aliphatic hydroxyl groups is 1. The van der Waals surface area contributed by atoms with Gasteiger partial charge in [-0.3, -0.25) is 0 Å². The number of aliphatic carboxylic acids is 1. The minimum atomic E-state index is -4.55. The van der Waals surface area contributed by atoms with Crippen molar-refractivity contribution in [2.24, 2.45) is 0 Å². The molecule has 0 aliphatic carbocycles. The molecule has 2 N–H and O–H groups in total. The lowest BCUT2D eigenvalue weighted by Gasteiger charge is -2.11. The van der Waals surface area contributed by atoms with Gasteiger partial charge < -0.3 is 14.8 Å². The summed E-state index contributed by atoms with van der Waals surface area (Å²) in [5, 5.41) is 18.5. The number of carbonyl (C=O) groups is 1. The molecule has 2 rings (SSSR count). The summed E-state index contributed by atoms with van der Waals surface area (Å²) in [4.78, 5) is 10.8. The molecule has 0 aliphatic rings. The lowest BCUT2D eigenvalue weighted by molar-refractivity contribution is -0.146. The van der Waals surface area contributed by atoms with E-state index in [1.807, 2.05) is 0 Å². The summed E-state index contributed by atoms with van der Waals surface area (Å²) in [6.45, 7) is 1.87. The summed E-state index contributed by atoms with van der Waals surface area (Å²) < 4.78 is 40.3. The van der Waals surface area contributed by atoms with Crippen molar-refractivity contribution in [1.29, 1.82) is 0 Å². The third-order valence-electron chi connectivity index (χ3n) is 3.10. The molecular weight excluding hydrogens is 275 g/mol. The minimum absolute atomic E-state index is 0.0413. The number of fused-ring (bicyclic) bond motifs is 1. The predicted molar refractivity (Wildman–Crippen MR) is 65.2 cm³/mol. The number of hydrogen-bond donors (Lipinski definition) is 2. The molecule has 1 aromatic heterocycles. The monoisotopic (exact) mass is 287 g/mol. The van der Waals surface area contributed by atoms with Crippen molar-refractivity contribution in [2.45, 2.75) is 25.7 Å². The van der Waals surface area contributed by atoms with Gasteiger partial charge in [0.25, 0.3) is 0 Å². The topological polar surface area (TPSA) is 62.5 Å². The fourth-order valence-corrected chi connectivity index (χ4v) is 2.22. The number of hydrogen-bond acceptors (Lipinski definition) is 2. The Morgan fingerprint density at radius 3 is 2.55 bits per heavy atom. The van der Waals surface area contributed by atoms with Crippen LogP contribution in [0.1, 0.15) is 24.2 Å². The van der Waals surface area contributed by atoms with Crippen molar-refractivity contribution >= 4 is 16.9 Å². The van der Waals surface area contributed by atoms with E-state index in [0.717, 1.165) is 6.07 Å². The van der Waals surface area contributed by atoms with E-state index in [4.69, 9.17) is 5.11 Å². The van der Waals surface area contributed by atoms with Crippen LogP contribution in [0.3, 0.4) is 0 Å². The number of aliphatic hydroxyl groups excluding tert-OH is 1. The maximum absolute atomic E-state index is 13.0. The van der Waals surface area contributed by atoms with Gasteiger partial charge in [0.2, 0.25) is 0 Å². The van der Waals surface area contributed by atoms with E-state index in [1.54, 1.807) is 6.92 Å². The van der Waals surface area contributed by atoms with Crippen LogP contribution in [0.4, 0.5) is 13.2 Å². The van der Waals surface area contributed by atoms with Gasteiger partial charge in [0.15, 0.2) is 6.10 Å². The molecule has 0 bridgehead atoms. The number of benzene rings is 1. The van der Waals surface area contributed by atoms with Crippen molar-refractivity contribution in [2.75, 3.05) is 0 Å². The minimum Gasteiger partial charge on any atom is -0.479 e. The molecule has 0 saturated heterocycles. The number of carboxylic acids is 1. The average Bonchev–Trinajstić information content (AvgIpc) is 2.75. The van der Waals surface area contributed by atoms with Crippen molar-refractivity contribution < 1.29 is 28.2 Å². The van der Waals surface area contributed by atoms with Gasteiger partial charge in [-0.1, -0.05) is 12.1 Å². The van der Waals surface area contributed by atoms with Gasteiger partial charge in [0.1, 0.15) is 0 Å². The molecule has 1 aromatic carbocycles. The molecule has 1 heterocycles. The molecule has 0 amide bonds. The number of aromatic nitrogens is 1. The van der Waals surface area contributed by atoms with Crippen molar-refractivity contribution in [3.63, 3.8) is 0 Å². The SMILES string of the molecule is CCn1cc(C(O)C(=O)O)c2cccc(C(F)(F)F)c21. The first-order valence-corrected chi connectivity index (χ1v) is 5.87. The Morgan fingerprint density at radius 1 is 1.40 bits per heavy atom. The van der Waals surface area contributed by atoms with Crippen LogP contribution < -0.4 is 0 Å². The first kappa shape index (κ1) is 14.4. The zero-order valence-electron chi connectivity index (χ0n) is 10.5. The third kappa shape index (κ3) is 2.24. The first-order chi connectivity index (χ1) is 9.27. The summed E-state index contributed by atoms with van der Waals surface area (Å²) in [7, 11) is 0. The maximum Gasteiger partial charge on any atom is 0.418 e. The zero-order chi connectivity index (χ0) is 15.1. The highest BCUT2D eigenvalue weighted by Crippen LogP contribution is 2.37. The van der Waals surface area contributed by atoms with Gasteiger partial charge in [0, 0.05) is 23.7 Å². The van der Waals surface area contributed by atoms with Gasteiger partial charge in [-0.05, 0) is 13.0 Å². The number of halogens is 3. The van der Waals surface area contributed by atoms with Gasteiger partial charge in [-0.15, -0.1) is 0 Å². The number of carboxylic acid groups (broad SMARTS) is 1. The third-order valence-corrected chi connectivity index (χ3v) is 3.10. The van der Waals surface area contributed by atoms with Crippen LogP contribution in [0.15, 0.2) is 24.4 Å². The summed E-state index contributed by atoms with van der Waals surface area (Å²) in [6.07, 6.45) is -5.15. The Bertz CT molecular complexity index is 661. The van der Waals surface area contributed by atoms with E-state index in [-0.39, 0.29) is 23.0 Å². The van der Waals surface area contributed by atoms with Gasteiger partial charge >= 0.3 is 12.1 Å². The highest BCUT2D eigenvalue weighted by atomic mass is 19.4. The molecule has 1 atom stereocenters. The second-order valence-corrected chi connectivity index (χ2v) is 4.31. The van der Waals surface area contributed by atoms with Crippen LogP contribution in [0.2, 0.25) is 0 Å². The number of aryl methyl sites for hydroxylation is 1. The molecule has 2 aromatic rings. The Balaban J connectivity index is 2.80. The fourth-order valence-electron chi connectivity index (χ4n) is 2.22. The smallest absolute Gasteiger partial charge is 0.418 e. The Kier molecular flexibility index (Phi) is 3.47. The molecule has 7 heteroatoms. The molecule has 0 saturated carbocycles. The first-order valence-electron chi connectivity index (χ1n) is 5.87. The summed E-state index contributed by atoms with van der Waals surface area (Å²) in [5.74, 6) is -1.50. The van der Waals surface area contributed by atoms with Crippen molar-refractivity contribution in [1.82, 2.24) is 4.57 Å². The number of alkyl halides is 3. The quantitative estimate of drug-likeness (QED) is 0.912. The molecule has 4 nitrogen and oxygen atoms in total. The number of nitrogens with zero attached hydrogens (tertiary/aromatic N) is 1. The van der Waals surface area contributed by atoms with Crippen LogP contribution in [-0.4, -0.2) is 20.7 Å². The summed E-state index contributed by atoms with van der Waals surface area (Å²) in [6, 6.07) is 3.51. The maximum atomic E-state index is 13.0. The molecule has 20 heavy (non-hydrogen) atoms. The van der Waals surface area contributed by atoms with Crippen LogP contribution in [0, 0.1) is 0 Å². The van der Waals surface area contributed by atoms with E-state index in [2.05, 4.69) is 0 Å². The second-order valence-electron chi connectivity index (χ2n) is 4.31. The largest absolute Gasteiger partial charge is 0.479 e. The van der Waals surface area contributed by atoms with Crippen molar-refractivity contribution in [3.8, 4) is 0 Å². The van der Waals surface area contributed by atoms with E-state index in [0.29, 0.717) is 0 Å². The highest BCUT2D eigenvalue weighted by molar-refractivity contribution is 5.91. The molecule has 1 unspecified atom stereocenters. The summed E-state index contributed by atoms with van der Waals surface area (Å²) >= 11 is 0. The lowest BCUT2D eigenvalue weighted by atomic mass is 10.1. The summed E-state index contributed by atoms with van der Waals surface area (Å²) in [5.41, 5.74) is -1.00. The van der Waals surface area contributed by atoms with Crippen molar-refractivity contribution in [3.05, 3.63) is 35.5 Å². The van der Waals surface area contributed by atoms with E-state index >= 15 is 0 Å². The number of para-hydroxylation sites is 1. The van der Waals surface area contributed by atoms with Crippen LogP contribution in [-0.2, 0) is 17.5 Å². The molecular formula is C13H12F3NO3. The van der Waals surface area contributed by atoms with Crippen LogP contribution >= 0.6 is 0 Å². The van der Waals surface area contributed by atoms with Crippen LogP contribution in [0.5, 0.6) is 0 Å². The fraction of sp³-hybridized carbons (Fsp3) is 0.308. The van der Waals surface area contributed by atoms with Crippen LogP contribution in [0.25, 0.3) is 10.9 Å². The average molecular weight is 287 g/mol. The second kappa shape index (κ2) is 4.82. The Morgan fingerprint density at radius 2 is 2.05 bits per heavy atom. The predicted octanol–water partition coefficient (Wildman–Crippen LogP) is 2.80. The number of rotatable bonds is 3. The normalized spacial score (nSPS) is 13.7. The van der Waals surface area contributed by atoms with E-state index in [9.17, 15) is 23.1 Å². The zero-order valence-corrected chi connectivity index (χ0v) is 10.5. The van der Waals surface area contributed by atoms with Gasteiger partial charge in [0.05, 0.1) is 11.1 Å². The van der Waals surface area contributed by atoms with Gasteiger partial charge in [-0.2, -0.15) is 13.2 Å². The Hall–Kier alpha value is -2.02. The standard InChI is InChI=1S/C13H12F3NO3/c1-2-17-6-8(11(18)12(19)20)7-4-3-5-9(10(7)17)13(14,15)16/h3-6,11,18H,2H2,1H3,(H,19,20). The highest BCUT2D eigenvalue weighted by Gasteiger charge is 2.35. The lowest BCUT2D eigenvalue weighted by Crippen LogP contribution is -2.10. The molecule has 0 aliphatic heterocycles. The van der Waals surface area contributed by atoms with Gasteiger partial charge in [-0.25, -0.2) is 4.79 Å². The van der Waals surface area contributed by atoms with E-state index < -0.39 is 23.8 Å². The molecule has 0 spiro atoms. The molecule has 0 radical (unpaired) electrons. The molecule has 108 valence electrons. The molecule has 0 fully saturated rings. The van der Waals surface area contributed by atoms with E-state index in [1.165, 1.54) is 22.9 Å².